The first-order valence-corrected chi connectivity index (χ1v) is 9.95. The van der Waals surface area contributed by atoms with E-state index in [1.54, 1.807) is 0 Å². The Balaban J connectivity index is 1.50. The van der Waals surface area contributed by atoms with Gasteiger partial charge in [-0.25, -0.2) is 0 Å². The fourth-order valence-electron chi connectivity index (χ4n) is 4.16. The van der Waals surface area contributed by atoms with Crippen LogP contribution in [0.3, 0.4) is 0 Å². The van der Waals surface area contributed by atoms with Crippen LogP contribution in [0.1, 0.15) is 51.1 Å². The van der Waals surface area contributed by atoms with Gasteiger partial charge in [0.05, 0.1) is 5.92 Å². The number of nitrogens with one attached hydrogen (secondary N) is 1. The van der Waals surface area contributed by atoms with Gasteiger partial charge in [-0.2, -0.15) is 0 Å². The molecule has 142 valence electrons. The van der Waals surface area contributed by atoms with Crippen LogP contribution < -0.4 is 5.32 Å². The minimum absolute atomic E-state index is 0.0557. The van der Waals surface area contributed by atoms with E-state index in [1.807, 2.05) is 17.9 Å². The molecule has 1 aromatic carbocycles. The van der Waals surface area contributed by atoms with Gasteiger partial charge < -0.3 is 10.2 Å². The maximum atomic E-state index is 12.7. The SMILES string of the molecule is CCC(=O)N1CCCC(C(=O)NC2CCN(C(C)c3ccccc3)C2)C1. The number of piperidine rings is 1. The van der Waals surface area contributed by atoms with Crippen LogP contribution in [-0.2, 0) is 9.59 Å². The van der Waals surface area contributed by atoms with E-state index in [1.165, 1.54) is 5.56 Å². The van der Waals surface area contributed by atoms with Gasteiger partial charge in [-0.05, 0) is 31.7 Å². The van der Waals surface area contributed by atoms with E-state index in [0.29, 0.717) is 19.0 Å². The van der Waals surface area contributed by atoms with Crippen LogP contribution in [0.2, 0.25) is 0 Å². The number of hydrogen-bond acceptors (Lipinski definition) is 3. The van der Waals surface area contributed by atoms with Crippen molar-refractivity contribution in [3.63, 3.8) is 0 Å². The summed E-state index contributed by atoms with van der Waals surface area (Å²) in [6.07, 6.45) is 3.32. The van der Waals surface area contributed by atoms with Crippen molar-refractivity contribution in [1.82, 2.24) is 15.1 Å². The second-order valence-corrected chi connectivity index (χ2v) is 7.61. The maximum Gasteiger partial charge on any atom is 0.225 e. The highest BCUT2D eigenvalue weighted by Gasteiger charge is 2.32. The van der Waals surface area contributed by atoms with Gasteiger partial charge in [-0.1, -0.05) is 37.3 Å². The Morgan fingerprint density at radius 1 is 1.15 bits per heavy atom. The van der Waals surface area contributed by atoms with E-state index < -0.39 is 0 Å². The number of hydrogen-bond donors (Lipinski definition) is 1. The highest BCUT2D eigenvalue weighted by molar-refractivity contribution is 5.81. The van der Waals surface area contributed by atoms with Crippen molar-refractivity contribution in [3.05, 3.63) is 35.9 Å². The number of amides is 2. The van der Waals surface area contributed by atoms with E-state index in [-0.39, 0.29) is 23.8 Å². The highest BCUT2D eigenvalue weighted by Crippen LogP contribution is 2.25. The molecule has 2 fully saturated rings. The lowest BCUT2D eigenvalue weighted by Gasteiger charge is -2.32. The monoisotopic (exact) mass is 357 g/mol. The smallest absolute Gasteiger partial charge is 0.225 e. The van der Waals surface area contributed by atoms with Crippen molar-refractivity contribution in [1.29, 1.82) is 0 Å². The lowest BCUT2D eigenvalue weighted by molar-refractivity contribution is -0.135. The Morgan fingerprint density at radius 3 is 2.65 bits per heavy atom. The predicted octanol–water partition coefficient (Wildman–Crippen LogP) is 2.59. The predicted molar refractivity (Wildman–Crippen MR) is 103 cm³/mol. The molecule has 1 aromatic rings. The first kappa shape index (κ1) is 18.9. The summed E-state index contributed by atoms with van der Waals surface area (Å²) in [7, 11) is 0. The standard InChI is InChI=1S/C21H31N3O2/c1-3-20(25)24-12-7-10-18(14-24)21(26)22-19-11-13-23(15-19)16(2)17-8-5-4-6-9-17/h4-6,8-9,16,18-19H,3,7,10-15H2,1-2H3,(H,22,26). The third-order valence-electron chi connectivity index (χ3n) is 5.84. The van der Waals surface area contributed by atoms with Crippen molar-refractivity contribution in [2.24, 2.45) is 5.92 Å². The molecule has 3 atom stereocenters. The molecule has 0 bridgehead atoms. The summed E-state index contributed by atoms with van der Waals surface area (Å²) in [6.45, 7) is 7.39. The molecule has 2 amide bonds. The zero-order chi connectivity index (χ0) is 18.5. The Morgan fingerprint density at radius 2 is 1.92 bits per heavy atom. The molecule has 3 rings (SSSR count). The summed E-state index contributed by atoms with van der Waals surface area (Å²) >= 11 is 0. The topological polar surface area (TPSA) is 52.7 Å². The Hall–Kier alpha value is -1.88. The second-order valence-electron chi connectivity index (χ2n) is 7.61. The molecule has 0 radical (unpaired) electrons. The Labute approximate surface area is 156 Å². The molecule has 2 aliphatic rings. The third-order valence-corrected chi connectivity index (χ3v) is 5.84. The largest absolute Gasteiger partial charge is 0.352 e. The lowest BCUT2D eigenvalue weighted by atomic mass is 9.96. The summed E-state index contributed by atoms with van der Waals surface area (Å²) < 4.78 is 0. The number of carbonyl (C=O) groups is 2. The minimum Gasteiger partial charge on any atom is -0.352 e. The number of carbonyl (C=O) groups excluding carboxylic acids is 2. The molecule has 2 aliphatic heterocycles. The molecule has 0 aliphatic carbocycles. The Kier molecular flexibility index (Phi) is 6.30. The molecule has 5 heteroatoms. The van der Waals surface area contributed by atoms with Crippen molar-refractivity contribution in [2.75, 3.05) is 26.2 Å². The summed E-state index contributed by atoms with van der Waals surface area (Å²) in [6, 6.07) is 11.1. The third kappa shape index (κ3) is 4.44. The summed E-state index contributed by atoms with van der Waals surface area (Å²) in [5.41, 5.74) is 1.32. The molecular weight excluding hydrogens is 326 g/mol. The molecule has 5 nitrogen and oxygen atoms in total. The lowest BCUT2D eigenvalue weighted by Crippen LogP contribution is -2.48. The van der Waals surface area contributed by atoms with Crippen molar-refractivity contribution in [2.45, 2.75) is 51.6 Å². The van der Waals surface area contributed by atoms with E-state index in [4.69, 9.17) is 0 Å². The molecule has 3 unspecified atom stereocenters. The van der Waals surface area contributed by atoms with Crippen LogP contribution in [0.25, 0.3) is 0 Å². The molecule has 0 saturated carbocycles. The minimum atomic E-state index is -0.0557. The van der Waals surface area contributed by atoms with Gasteiger partial charge in [0.15, 0.2) is 0 Å². The molecular formula is C21H31N3O2. The van der Waals surface area contributed by atoms with Gasteiger partial charge in [0.25, 0.3) is 0 Å². The zero-order valence-electron chi connectivity index (χ0n) is 16.0. The molecule has 2 saturated heterocycles. The van der Waals surface area contributed by atoms with Gasteiger partial charge in [0.2, 0.25) is 11.8 Å². The van der Waals surface area contributed by atoms with Gasteiger partial charge >= 0.3 is 0 Å². The summed E-state index contributed by atoms with van der Waals surface area (Å²) in [4.78, 5) is 28.9. The molecule has 0 aromatic heterocycles. The molecule has 1 N–H and O–H groups in total. The number of rotatable bonds is 5. The van der Waals surface area contributed by atoms with Crippen LogP contribution in [0.4, 0.5) is 0 Å². The quantitative estimate of drug-likeness (QED) is 0.881. The normalized spacial score (nSPS) is 25.1. The number of likely N-dealkylation sites (tertiary alicyclic amines) is 2. The van der Waals surface area contributed by atoms with E-state index in [2.05, 4.69) is 41.4 Å². The average molecular weight is 357 g/mol. The van der Waals surface area contributed by atoms with Crippen LogP contribution in [0.5, 0.6) is 0 Å². The van der Waals surface area contributed by atoms with Crippen LogP contribution in [0.15, 0.2) is 30.3 Å². The molecule has 0 spiro atoms. The van der Waals surface area contributed by atoms with E-state index in [9.17, 15) is 9.59 Å². The van der Waals surface area contributed by atoms with E-state index >= 15 is 0 Å². The van der Waals surface area contributed by atoms with Gasteiger partial charge in [0, 0.05) is 44.7 Å². The van der Waals surface area contributed by atoms with Crippen molar-refractivity contribution < 1.29 is 9.59 Å². The van der Waals surface area contributed by atoms with E-state index in [0.717, 1.165) is 38.9 Å². The zero-order valence-corrected chi connectivity index (χ0v) is 16.0. The number of nitrogens with zero attached hydrogens (tertiary/aromatic N) is 2. The van der Waals surface area contributed by atoms with Gasteiger partial charge in [-0.3, -0.25) is 14.5 Å². The number of benzene rings is 1. The fraction of sp³-hybridized carbons (Fsp3) is 0.619. The van der Waals surface area contributed by atoms with Crippen LogP contribution >= 0.6 is 0 Å². The van der Waals surface area contributed by atoms with Gasteiger partial charge in [0.1, 0.15) is 0 Å². The molecule has 2 heterocycles. The fourth-order valence-corrected chi connectivity index (χ4v) is 4.16. The van der Waals surface area contributed by atoms with Crippen LogP contribution in [-0.4, -0.2) is 53.8 Å². The first-order chi connectivity index (χ1) is 12.6. The van der Waals surface area contributed by atoms with Crippen LogP contribution in [0, 0.1) is 5.92 Å². The van der Waals surface area contributed by atoms with Crippen molar-refractivity contribution in [3.8, 4) is 0 Å². The first-order valence-electron chi connectivity index (χ1n) is 9.95. The maximum absolute atomic E-state index is 12.7. The summed E-state index contributed by atoms with van der Waals surface area (Å²) in [5, 5.41) is 3.24. The second kappa shape index (κ2) is 8.67. The highest BCUT2D eigenvalue weighted by atomic mass is 16.2. The Bertz CT molecular complexity index is 619. The van der Waals surface area contributed by atoms with Gasteiger partial charge in [-0.15, -0.1) is 0 Å². The van der Waals surface area contributed by atoms with Crippen molar-refractivity contribution >= 4 is 11.8 Å². The molecule has 26 heavy (non-hydrogen) atoms. The average Bonchev–Trinajstić information content (AvgIpc) is 3.16. The summed E-state index contributed by atoms with van der Waals surface area (Å²) in [5.74, 6) is 0.226.